The van der Waals surface area contributed by atoms with Crippen molar-refractivity contribution in [2.24, 2.45) is 5.92 Å². The lowest BCUT2D eigenvalue weighted by atomic mass is 10.0. The van der Waals surface area contributed by atoms with Crippen LogP contribution in [-0.2, 0) is 41.7 Å². The lowest BCUT2D eigenvalue weighted by Crippen LogP contribution is -2.58. The van der Waals surface area contributed by atoms with Crippen LogP contribution >= 0.6 is 0 Å². The summed E-state index contributed by atoms with van der Waals surface area (Å²) >= 11 is 0. The van der Waals surface area contributed by atoms with Gasteiger partial charge in [-0.15, -0.1) is 0 Å². The number of nitrogens with zero attached hydrogens (tertiary/aromatic N) is 2. The molecule has 0 aromatic heterocycles. The molecule has 2 aromatic carbocycles. The van der Waals surface area contributed by atoms with Crippen LogP contribution in [0.1, 0.15) is 88.4 Å². The minimum absolute atomic E-state index is 0.0104. The predicted molar refractivity (Wildman–Crippen MR) is 202 cm³/mol. The van der Waals surface area contributed by atoms with E-state index in [1.54, 1.807) is 32.9 Å². The molecule has 4 aliphatic rings. The maximum atomic E-state index is 14.5. The highest BCUT2D eigenvalue weighted by Gasteiger charge is 2.61. The van der Waals surface area contributed by atoms with Crippen molar-refractivity contribution in [2.75, 3.05) is 13.6 Å². The summed E-state index contributed by atoms with van der Waals surface area (Å²) in [5.41, 5.74) is -1.01. The maximum Gasteiger partial charge on any atom is 0.410 e. The molecule has 6 amide bonds. The number of fused-ring (bicyclic) bond motifs is 3. The van der Waals surface area contributed by atoms with Crippen molar-refractivity contribution < 1.29 is 47.0 Å². The number of alkyl carbamates (subject to hydrolysis) is 1. The van der Waals surface area contributed by atoms with Crippen molar-refractivity contribution in [1.82, 2.24) is 31.1 Å². The third-order valence-electron chi connectivity index (χ3n) is 10.8. The van der Waals surface area contributed by atoms with Crippen molar-refractivity contribution in [3.8, 4) is 0 Å². The molecule has 2 aromatic rings. The molecule has 14 nitrogen and oxygen atoms in total. The summed E-state index contributed by atoms with van der Waals surface area (Å²) in [5.74, 6) is -3.93. The van der Waals surface area contributed by atoms with Crippen LogP contribution in [-0.4, -0.2) is 88.5 Å². The maximum absolute atomic E-state index is 14.5. The van der Waals surface area contributed by atoms with Crippen LogP contribution in [0, 0.1) is 17.6 Å². The molecular weight excluding hydrogens is 742 g/mol. The van der Waals surface area contributed by atoms with Gasteiger partial charge in [0.15, 0.2) is 0 Å². The Hall–Kier alpha value is -5.54. The number of halogens is 2. The van der Waals surface area contributed by atoms with Gasteiger partial charge in [-0.2, -0.15) is 0 Å². The van der Waals surface area contributed by atoms with Gasteiger partial charge in [-0.25, -0.2) is 18.4 Å². The van der Waals surface area contributed by atoms with Gasteiger partial charge in [-0.1, -0.05) is 49.3 Å². The van der Waals surface area contributed by atoms with Gasteiger partial charge in [-0.3, -0.25) is 24.1 Å². The van der Waals surface area contributed by atoms with Crippen LogP contribution in [0.15, 0.2) is 54.6 Å². The second kappa shape index (κ2) is 16.9. The molecular formula is C41H50F2N6O8. The zero-order chi connectivity index (χ0) is 41.1. The predicted octanol–water partition coefficient (Wildman–Crippen LogP) is 4.28. The standard InChI is InChI=1S/C41H50F2N6O8/c1-40(2,3)57-38(54)45-31-14-9-7-5-6-8-12-26-20-41(26,37(53)46-33(35(51)44-4)24-15-17-27(42)18-16-24)47-34(50)32-19-28(22-49(32)36(31)52)56-39(55)48-21-25-11-10-13-30(43)29(25)23-48/h8,10-13,15-18,26,28,31-33H,5-7,9,14,19-23H2,1-4H3,(H,44,51)(H,45,54)(H,46,53)(H,47,50)/b12-8-/t26-,28-,31+,32+,33+,41-/m1/s1. The number of rotatable bonds is 6. The lowest BCUT2D eigenvalue weighted by Gasteiger charge is -2.30. The van der Waals surface area contributed by atoms with Gasteiger partial charge >= 0.3 is 12.2 Å². The second-order valence-electron chi connectivity index (χ2n) is 16.1. The molecule has 1 aliphatic carbocycles. The fourth-order valence-corrected chi connectivity index (χ4v) is 7.70. The van der Waals surface area contributed by atoms with Crippen molar-refractivity contribution >= 4 is 35.8 Å². The van der Waals surface area contributed by atoms with Crippen LogP contribution in [0.2, 0.25) is 0 Å². The third-order valence-corrected chi connectivity index (χ3v) is 10.8. The normalized spacial score (nSPS) is 25.9. The summed E-state index contributed by atoms with van der Waals surface area (Å²) in [7, 11) is 1.40. The number of carbonyl (C=O) groups is 6. The molecule has 3 aliphatic heterocycles. The van der Waals surface area contributed by atoms with Crippen LogP contribution < -0.4 is 21.3 Å². The van der Waals surface area contributed by atoms with Gasteiger partial charge in [0.1, 0.15) is 47.0 Å². The quantitative estimate of drug-likeness (QED) is 0.314. The molecule has 16 heteroatoms. The average molecular weight is 793 g/mol. The van der Waals surface area contributed by atoms with Gasteiger partial charge in [0.05, 0.1) is 13.1 Å². The Labute approximate surface area is 330 Å². The number of nitrogens with one attached hydrogen (secondary N) is 4. The molecule has 1 saturated carbocycles. The molecule has 306 valence electrons. The number of ether oxygens (including phenoxy) is 2. The van der Waals surface area contributed by atoms with Gasteiger partial charge in [-0.05, 0) is 75.8 Å². The monoisotopic (exact) mass is 792 g/mol. The number of carbonyl (C=O) groups excluding carboxylic acids is 6. The number of hydrogen-bond donors (Lipinski definition) is 4. The third kappa shape index (κ3) is 9.54. The Morgan fingerprint density at radius 3 is 2.46 bits per heavy atom. The van der Waals surface area contributed by atoms with Crippen LogP contribution in [0.3, 0.4) is 0 Å². The van der Waals surface area contributed by atoms with Crippen molar-refractivity contribution in [3.63, 3.8) is 0 Å². The van der Waals surface area contributed by atoms with E-state index in [-0.39, 0.29) is 38.9 Å². The Morgan fingerprint density at radius 2 is 1.75 bits per heavy atom. The van der Waals surface area contributed by atoms with E-state index in [9.17, 15) is 37.5 Å². The highest BCUT2D eigenvalue weighted by molar-refractivity contribution is 6.00. The van der Waals surface area contributed by atoms with E-state index in [1.807, 2.05) is 12.2 Å². The average Bonchev–Trinajstić information content (AvgIpc) is 3.45. The molecule has 57 heavy (non-hydrogen) atoms. The Kier molecular flexibility index (Phi) is 12.2. The first-order chi connectivity index (χ1) is 27.1. The molecule has 4 N–H and O–H groups in total. The first kappa shape index (κ1) is 41.1. The second-order valence-corrected chi connectivity index (χ2v) is 16.1. The number of hydrogen-bond acceptors (Lipinski definition) is 8. The lowest BCUT2D eigenvalue weighted by molar-refractivity contribution is -0.141. The summed E-state index contributed by atoms with van der Waals surface area (Å²) in [5, 5.41) is 10.8. The highest BCUT2D eigenvalue weighted by Crippen LogP contribution is 2.46. The zero-order valence-corrected chi connectivity index (χ0v) is 32.6. The smallest absolute Gasteiger partial charge is 0.410 e. The topological polar surface area (TPSA) is 175 Å². The SMILES string of the molecule is CNC(=O)[C@@H](NC(=O)[C@@]12C[C@H]1/C=C\CCCCC[C@H](NC(=O)OC(C)(C)C)C(=O)N1C[C@H](OC(=O)N3Cc4cccc(F)c4C3)C[C@H]1C(=O)N2)c1ccc(F)cc1. The first-order valence-corrected chi connectivity index (χ1v) is 19.4. The van der Waals surface area contributed by atoms with E-state index in [0.29, 0.717) is 36.0 Å². The fourth-order valence-electron chi connectivity index (χ4n) is 7.70. The molecule has 0 radical (unpaired) electrons. The molecule has 6 atom stereocenters. The largest absolute Gasteiger partial charge is 0.444 e. The minimum Gasteiger partial charge on any atom is -0.444 e. The van der Waals surface area contributed by atoms with E-state index in [0.717, 1.165) is 6.42 Å². The summed E-state index contributed by atoms with van der Waals surface area (Å²) < 4.78 is 39.6. The molecule has 0 spiro atoms. The van der Waals surface area contributed by atoms with Crippen molar-refractivity contribution in [3.05, 3.63) is 82.9 Å². The Bertz CT molecular complexity index is 1920. The van der Waals surface area contributed by atoms with Gasteiger partial charge < -0.3 is 35.6 Å². The highest BCUT2D eigenvalue weighted by atomic mass is 19.1. The van der Waals surface area contributed by atoms with E-state index in [2.05, 4.69) is 21.3 Å². The van der Waals surface area contributed by atoms with Crippen LogP contribution in [0.5, 0.6) is 0 Å². The van der Waals surface area contributed by atoms with Crippen LogP contribution in [0.4, 0.5) is 18.4 Å². The molecule has 3 heterocycles. The molecule has 2 fully saturated rings. The van der Waals surface area contributed by atoms with Gasteiger partial charge in [0.25, 0.3) is 0 Å². The summed E-state index contributed by atoms with van der Waals surface area (Å²) in [6, 6.07) is 6.17. The van der Waals surface area contributed by atoms with E-state index in [4.69, 9.17) is 9.47 Å². The van der Waals surface area contributed by atoms with E-state index < -0.39 is 88.7 Å². The van der Waals surface area contributed by atoms with E-state index in [1.165, 1.54) is 47.2 Å². The number of amides is 6. The minimum atomic E-state index is -1.51. The van der Waals surface area contributed by atoms with Crippen molar-refractivity contribution in [2.45, 2.75) is 114 Å². The number of allylic oxidation sites excluding steroid dienone is 1. The number of benzene rings is 2. The Morgan fingerprint density at radius 1 is 1.00 bits per heavy atom. The zero-order valence-electron chi connectivity index (χ0n) is 32.6. The van der Waals surface area contributed by atoms with Gasteiger partial charge in [0.2, 0.25) is 23.6 Å². The van der Waals surface area contributed by atoms with E-state index >= 15 is 0 Å². The number of likely N-dealkylation sites (N-methyl/N-ethyl adjacent to an activating group) is 1. The molecule has 1 saturated heterocycles. The molecule has 0 bridgehead atoms. The first-order valence-electron chi connectivity index (χ1n) is 19.4. The molecule has 0 unspecified atom stereocenters. The van der Waals surface area contributed by atoms with Gasteiger partial charge in [0, 0.05) is 31.5 Å². The fraction of sp³-hybridized carbons (Fsp3) is 0.512. The summed E-state index contributed by atoms with van der Waals surface area (Å²) in [4.78, 5) is 85.2. The molecule has 6 rings (SSSR count). The Balaban J connectivity index is 1.27. The van der Waals surface area contributed by atoms with Crippen LogP contribution in [0.25, 0.3) is 0 Å². The van der Waals surface area contributed by atoms with Crippen molar-refractivity contribution in [1.29, 1.82) is 0 Å². The summed E-state index contributed by atoms with van der Waals surface area (Å²) in [6.45, 7) is 4.99. The summed E-state index contributed by atoms with van der Waals surface area (Å²) in [6.07, 6.45) is 4.25.